The number of amides is 2. The molecule has 6 heteroatoms. The van der Waals surface area contributed by atoms with Gasteiger partial charge in [-0.05, 0) is 57.1 Å². The summed E-state index contributed by atoms with van der Waals surface area (Å²) in [6, 6.07) is 6.77. The normalized spacial score (nSPS) is 18.2. The number of primary amides is 1. The van der Waals surface area contributed by atoms with Gasteiger partial charge in [0.15, 0.2) is 0 Å². The van der Waals surface area contributed by atoms with Crippen molar-refractivity contribution in [1.82, 2.24) is 4.90 Å². The number of likely N-dealkylation sites (tertiary alicyclic amines) is 1. The maximum atomic E-state index is 12.2. The minimum absolute atomic E-state index is 0.0603. The van der Waals surface area contributed by atoms with E-state index < -0.39 is 0 Å². The van der Waals surface area contributed by atoms with Crippen molar-refractivity contribution in [2.45, 2.75) is 25.8 Å². The monoisotopic (exact) mass is 309 g/mol. The zero-order valence-electron chi connectivity index (χ0n) is 12.0. The highest BCUT2D eigenvalue weighted by atomic mass is 35.5. The SMILES string of the molecule is C[C@@H](C(=O)Nc1ccc(Cl)cc1)N1CCC(C(N)=O)CC1. The third-order valence-corrected chi connectivity index (χ3v) is 4.22. The van der Waals surface area contributed by atoms with Crippen LogP contribution in [0.15, 0.2) is 24.3 Å². The van der Waals surface area contributed by atoms with Gasteiger partial charge in [-0.25, -0.2) is 0 Å². The molecule has 0 spiro atoms. The van der Waals surface area contributed by atoms with E-state index in [0.717, 1.165) is 5.69 Å². The number of hydrogen-bond donors (Lipinski definition) is 2. The fourth-order valence-corrected chi connectivity index (χ4v) is 2.64. The zero-order chi connectivity index (χ0) is 15.4. The first-order chi connectivity index (χ1) is 9.97. The molecule has 1 aliphatic heterocycles. The summed E-state index contributed by atoms with van der Waals surface area (Å²) in [7, 11) is 0. The smallest absolute Gasteiger partial charge is 0.241 e. The molecule has 1 aromatic carbocycles. The lowest BCUT2D eigenvalue weighted by Crippen LogP contribution is -2.47. The molecule has 3 N–H and O–H groups in total. The number of nitrogens with two attached hydrogens (primary N) is 1. The fourth-order valence-electron chi connectivity index (χ4n) is 2.52. The van der Waals surface area contributed by atoms with Crippen LogP contribution in [0.5, 0.6) is 0 Å². The van der Waals surface area contributed by atoms with Crippen molar-refractivity contribution in [1.29, 1.82) is 0 Å². The van der Waals surface area contributed by atoms with Crippen LogP contribution < -0.4 is 11.1 Å². The first kappa shape index (κ1) is 15.8. The lowest BCUT2D eigenvalue weighted by molar-refractivity contribution is -0.124. The van der Waals surface area contributed by atoms with E-state index in [1.54, 1.807) is 24.3 Å². The van der Waals surface area contributed by atoms with Crippen molar-refractivity contribution in [3.8, 4) is 0 Å². The van der Waals surface area contributed by atoms with Gasteiger partial charge in [-0.3, -0.25) is 14.5 Å². The minimum Gasteiger partial charge on any atom is -0.369 e. The van der Waals surface area contributed by atoms with E-state index in [2.05, 4.69) is 10.2 Å². The predicted octanol–water partition coefficient (Wildman–Crippen LogP) is 1.86. The standard InChI is InChI=1S/C15H20ClN3O2/c1-10(19-8-6-11(7-9-19)14(17)20)15(21)18-13-4-2-12(16)3-5-13/h2-5,10-11H,6-9H2,1H3,(H2,17,20)(H,18,21)/t10-/m0/s1. The summed E-state index contributed by atoms with van der Waals surface area (Å²) in [6.07, 6.45) is 1.43. The summed E-state index contributed by atoms with van der Waals surface area (Å²) >= 11 is 5.81. The van der Waals surface area contributed by atoms with E-state index in [-0.39, 0.29) is 23.8 Å². The number of nitrogens with zero attached hydrogens (tertiary/aromatic N) is 1. The quantitative estimate of drug-likeness (QED) is 0.891. The summed E-state index contributed by atoms with van der Waals surface area (Å²) < 4.78 is 0. The van der Waals surface area contributed by atoms with Gasteiger partial charge >= 0.3 is 0 Å². The van der Waals surface area contributed by atoms with Gasteiger partial charge in [-0.15, -0.1) is 0 Å². The second-order valence-electron chi connectivity index (χ2n) is 5.38. The van der Waals surface area contributed by atoms with Crippen molar-refractivity contribution in [3.05, 3.63) is 29.3 Å². The lowest BCUT2D eigenvalue weighted by Gasteiger charge is -2.34. The Morgan fingerprint density at radius 3 is 2.38 bits per heavy atom. The van der Waals surface area contributed by atoms with Crippen molar-refractivity contribution in [3.63, 3.8) is 0 Å². The van der Waals surface area contributed by atoms with Gasteiger partial charge in [0.2, 0.25) is 11.8 Å². The molecule has 2 rings (SSSR count). The molecule has 5 nitrogen and oxygen atoms in total. The van der Waals surface area contributed by atoms with Gasteiger partial charge in [0, 0.05) is 16.6 Å². The average molecular weight is 310 g/mol. The minimum atomic E-state index is -0.243. The highest BCUT2D eigenvalue weighted by Gasteiger charge is 2.28. The number of rotatable bonds is 4. The molecule has 1 aliphatic rings. The van der Waals surface area contributed by atoms with E-state index in [0.29, 0.717) is 31.0 Å². The third-order valence-electron chi connectivity index (χ3n) is 3.97. The number of carbonyl (C=O) groups is 2. The molecule has 1 aromatic rings. The number of halogens is 1. The number of hydrogen-bond acceptors (Lipinski definition) is 3. The van der Waals surface area contributed by atoms with E-state index in [9.17, 15) is 9.59 Å². The molecule has 21 heavy (non-hydrogen) atoms. The largest absolute Gasteiger partial charge is 0.369 e. The van der Waals surface area contributed by atoms with Crippen molar-refractivity contribution < 1.29 is 9.59 Å². The van der Waals surface area contributed by atoms with Crippen molar-refractivity contribution in [2.24, 2.45) is 11.7 Å². The second-order valence-corrected chi connectivity index (χ2v) is 5.82. The zero-order valence-corrected chi connectivity index (χ0v) is 12.8. The van der Waals surface area contributed by atoms with E-state index >= 15 is 0 Å². The Balaban J connectivity index is 1.88. The predicted molar refractivity (Wildman–Crippen MR) is 83.0 cm³/mol. The maximum Gasteiger partial charge on any atom is 0.241 e. The van der Waals surface area contributed by atoms with Crippen LogP contribution in [0.4, 0.5) is 5.69 Å². The van der Waals surface area contributed by atoms with Crippen LogP contribution in [0.25, 0.3) is 0 Å². The summed E-state index contributed by atoms with van der Waals surface area (Å²) in [4.78, 5) is 25.5. The molecule has 0 unspecified atom stereocenters. The molecule has 114 valence electrons. The Hall–Kier alpha value is -1.59. The molecule has 1 saturated heterocycles. The third kappa shape index (κ3) is 4.19. The summed E-state index contributed by atoms with van der Waals surface area (Å²) in [5.41, 5.74) is 6.04. The molecule has 0 aromatic heterocycles. The Bertz CT molecular complexity index is 510. The number of benzene rings is 1. The van der Waals surface area contributed by atoms with Crippen LogP contribution in [0.3, 0.4) is 0 Å². The van der Waals surface area contributed by atoms with Gasteiger partial charge < -0.3 is 11.1 Å². The highest BCUT2D eigenvalue weighted by Crippen LogP contribution is 2.19. The van der Waals surface area contributed by atoms with Crippen LogP contribution >= 0.6 is 11.6 Å². The first-order valence-electron chi connectivity index (χ1n) is 7.07. The number of piperidine rings is 1. The molecule has 1 heterocycles. The molecular weight excluding hydrogens is 290 g/mol. The molecule has 0 bridgehead atoms. The summed E-state index contributed by atoms with van der Waals surface area (Å²) in [6.45, 7) is 3.29. The Morgan fingerprint density at radius 2 is 1.86 bits per heavy atom. The van der Waals surface area contributed by atoms with E-state index in [1.807, 2.05) is 6.92 Å². The maximum absolute atomic E-state index is 12.2. The molecule has 0 saturated carbocycles. The van der Waals surface area contributed by atoms with Gasteiger partial charge in [-0.1, -0.05) is 11.6 Å². The molecule has 0 radical (unpaired) electrons. The average Bonchev–Trinajstić information content (AvgIpc) is 2.49. The fraction of sp³-hybridized carbons (Fsp3) is 0.467. The number of anilines is 1. The molecular formula is C15H20ClN3O2. The van der Waals surface area contributed by atoms with Gasteiger partial charge in [0.1, 0.15) is 0 Å². The highest BCUT2D eigenvalue weighted by molar-refractivity contribution is 6.30. The molecule has 1 atom stereocenters. The van der Waals surface area contributed by atoms with Crippen LogP contribution in [0, 0.1) is 5.92 Å². The van der Waals surface area contributed by atoms with Crippen LogP contribution in [-0.2, 0) is 9.59 Å². The van der Waals surface area contributed by atoms with Crippen molar-refractivity contribution >= 4 is 29.1 Å². The van der Waals surface area contributed by atoms with Crippen LogP contribution in [0.2, 0.25) is 5.02 Å². The first-order valence-corrected chi connectivity index (χ1v) is 7.45. The molecule has 2 amide bonds. The van der Waals surface area contributed by atoms with Crippen LogP contribution in [-0.4, -0.2) is 35.8 Å². The summed E-state index contributed by atoms with van der Waals surface area (Å²) in [5.74, 6) is -0.365. The molecule has 0 aliphatic carbocycles. The van der Waals surface area contributed by atoms with Crippen molar-refractivity contribution in [2.75, 3.05) is 18.4 Å². The Kier molecular flexibility index (Phi) is 5.20. The van der Waals surface area contributed by atoms with Gasteiger partial charge in [-0.2, -0.15) is 0 Å². The van der Waals surface area contributed by atoms with E-state index in [1.165, 1.54) is 0 Å². The Labute approximate surface area is 129 Å². The molecule has 1 fully saturated rings. The number of carbonyl (C=O) groups excluding carboxylic acids is 2. The van der Waals surface area contributed by atoms with Crippen LogP contribution in [0.1, 0.15) is 19.8 Å². The van der Waals surface area contributed by atoms with Gasteiger partial charge in [0.25, 0.3) is 0 Å². The second kappa shape index (κ2) is 6.91. The van der Waals surface area contributed by atoms with E-state index in [4.69, 9.17) is 17.3 Å². The Morgan fingerprint density at radius 1 is 1.29 bits per heavy atom. The topological polar surface area (TPSA) is 75.4 Å². The van der Waals surface area contributed by atoms with Gasteiger partial charge in [0.05, 0.1) is 6.04 Å². The lowest BCUT2D eigenvalue weighted by atomic mass is 9.95. The number of nitrogens with one attached hydrogen (secondary N) is 1. The summed E-state index contributed by atoms with van der Waals surface area (Å²) in [5, 5.41) is 3.50.